The van der Waals surface area contributed by atoms with Crippen LogP contribution in [0.4, 0.5) is 17.3 Å². The Morgan fingerprint density at radius 1 is 1.26 bits per heavy atom. The van der Waals surface area contributed by atoms with E-state index >= 15 is 0 Å². The van der Waals surface area contributed by atoms with Crippen LogP contribution in [0.25, 0.3) is 0 Å². The highest BCUT2D eigenvalue weighted by Gasteiger charge is 2.21. The Morgan fingerprint density at radius 2 is 2.07 bits per heavy atom. The summed E-state index contributed by atoms with van der Waals surface area (Å²) in [5, 5.41) is 9.43. The van der Waals surface area contributed by atoms with Crippen LogP contribution in [-0.2, 0) is 0 Å². The molecular weight excluding hydrogens is 348 g/mol. The van der Waals surface area contributed by atoms with E-state index in [1.54, 1.807) is 25.3 Å². The molecule has 1 amide bonds. The van der Waals surface area contributed by atoms with E-state index in [0.29, 0.717) is 23.0 Å². The van der Waals surface area contributed by atoms with Crippen molar-refractivity contribution in [2.24, 2.45) is 0 Å². The first-order valence-electron chi connectivity index (χ1n) is 8.73. The van der Waals surface area contributed by atoms with Crippen molar-refractivity contribution in [1.82, 2.24) is 15.3 Å². The van der Waals surface area contributed by atoms with Gasteiger partial charge in [0.1, 0.15) is 23.5 Å². The van der Waals surface area contributed by atoms with E-state index in [9.17, 15) is 4.79 Å². The van der Waals surface area contributed by atoms with E-state index in [-0.39, 0.29) is 17.4 Å². The monoisotopic (exact) mass is 372 g/mol. The molecule has 9 nitrogen and oxygen atoms in total. The molecule has 2 aromatic rings. The zero-order valence-corrected chi connectivity index (χ0v) is 15.4. The molecule has 3 rings (SSSR count). The van der Waals surface area contributed by atoms with Crippen LogP contribution in [0.1, 0.15) is 23.2 Å². The molecule has 1 saturated heterocycles. The van der Waals surface area contributed by atoms with Gasteiger partial charge in [-0.05, 0) is 31.5 Å². The minimum absolute atomic E-state index is 0.120. The number of rotatable bonds is 6. The van der Waals surface area contributed by atoms with Crippen LogP contribution in [0.5, 0.6) is 11.5 Å². The molecule has 0 aliphatic carbocycles. The molecule has 1 atom stereocenters. The number of carbonyl (C=O) groups excluding carboxylic acids is 1. The molecule has 1 aliphatic heterocycles. The van der Waals surface area contributed by atoms with Gasteiger partial charge in [0.25, 0.3) is 5.91 Å². The highest BCUT2D eigenvalue weighted by atomic mass is 16.5. The predicted molar refractivity (Wildman–Crippen MR) is 103 cm³/mol. The van der Waals surface area contributed by atoms with Crippen LogP contribution in [0.15, 0.2) is 24.5 Å². The maximum Gasteiger partial charge on any atom is 0.263 e. The van der Waals surface area contributed by atoms with E-state index in [2.05, 4.69) is 25.9 Å². The average molecular weight is 372 g/mol. The fourth-order valence-electron chi connectivity index (χ4n) is 3.01. The number of nitrogens with zero attached hydrogens (tertiary/aromatic N) is 2. The summed E-state index contributed by atoms with van der Waals surface area (Å²) < 4.78 is 10.5. The first-order chi connectivity index (χ1) is 13.1. The van der Waals surface area contributed by atoms with E-state index in [1.165, 1.54) is 13.4 Å². The fourth-order valence-corrected chi connectivity index (χ4v) is 3.01. The number of nitrogen functional groups attached to an aromatic ring is 1. The van der Waals surface area contributed by atoms with E-state index in [1.807, 2.05) is 0 Å². The number of aromatic nitrogens is 2. The Morgan fingerprint density at radius 3 is 2.78 bits per heavy atom. The van der Waals surface area contributed by atoms with E-state index < -0.39 is 5.91 Å². The maximum absolute atomic E-state index is 12.9. The third kappa shape index (κ3) is 4.37. The number of amides is 1. The van der Waals surface area contributed by atoms with Gasteiger partial charge in [-0.15, -0.1) is 0 Å². The molecule has 0 radical (unpaired) electrons. The lowest BCUT2D eigenvalue weighted by molar-refractivity contribution is 0.102. The zero-order chi connectivity index (χ0) is 19.2. The van der Waals surface area contributed by atoms with Gasteiger partial charge in [0.15, 0.2) is 11.5 Å². The lowest BCUT2D eigenvalue weighted by atomic mass is 10.1. The van der Waals surface area contributed by atoms with Crippen LogP contribution in [0.3, 0.4) is 0 Å². The molecule has 144 valence electrons. The van der Waals surface area contributed by atoms with Crippen molar-refractivity contribution in [2.75, 3.05) is 43.7 Å². The largest absolute Gasteiger partial charge is 0.493 e. The van der Waals surface area contributed by atoms with Crippen molar-refractivity contribution < 1.29 is 14.3 Å². The quantitative estimate of drug-likeness (QED) is 0.601. The van der Waals surface area contributed by atoms with Gasteiger partial charge in [0.05, 0.1) is 14.2 Å². The molecule has 5 N–H and O–H groups in total. The summed E-state index contributed by atoms with van der Waals surface area (Å²) in [6.07, 6.45) is 3.40. The molecule has 0 saturated carbocycles. The van der Waals surface area contributed by atoms with Gasteiger partial charge in [-0.25, -0.2) is 9.97 Å². The molecule has 27 heavy (non-hydrogen) atoms. The van der Waals surface area contributed by atoms with Crippen molar-refractivity contribution in [1.29, 1.82) is 0 Å². The van der Waals surface area contributed by atoms with Crippen LogP contribution >= 0.6 is 0 Å². The second-order valence-electron chi connectivity index (χ2n) is 6.19. The van der Waals surface area contributed by atoms with Crippen LogP contribution in [-0.4, -0.2) is 49.2 Å². The topological polar surface area (TPSA) is 123 Å². The fraction of sp³-hybridized carbons (Fsp3) is 0.389. The van der Waals surface area contributed by atoms with Crippen molar-refractivity contribution >= 4 is 23.2 Å². The Labute approximate surface area is 157 Å². The Bertz CT molecular complexity index is 808. The molecule has 1 fully saturated rings. The van der Waals surface area contributed by atoms with Gasteiger partial charge in [-0.2, -0.15) is 0 Å². The smallest absolute Gasteiger partial charge is 0.263 e. The number of nitrogens with one attached hydrogen (secondary N) is 3. The number of hydrogen-bond donors (Lipinski definition) is 4. The summed E-state index contributed by atoms with van der Waals surface area (Å²) in [4.78, 5) is 21.0. The van der Waals surface area contributed by atoms with Gasteiger partial charge >= 0.3 is 0 Å². The average Bonchev–Trinajstić information content (AvgIpc) is 2.68. The van der Waals surface area contributed by atoms with Gasteiger partial charge < -0.3 is 31.2 Å². The minimum atomic E-state index is -0.397. The lowest BCUT2D eigenvalue weighted by Crippen LogP contribution is -2.39. The van der Waals surface area contributed by atoms with Gasteiger partial charge in [-0.3, -0.25) is 4.79 Å². The Kier molecular flexibility index (Phi) is 5.92. The molecular formula is C18H24N6O3. The minimum Gasteiger partial charge on any atom is -0.493 e. The number of carbonyl (C=O) groups is 1. The molecule has 0 spiro atoms. The van der Waals surface area contributed by atoms with Crippen LogP contribution in [0, 0.1) is 0 Å². The molecule has 1 aromatic heterocycles. The first-order valence-corrected chi connectivity index (χ1v) is 8.73. The summed E-state index contributed by atoms with van der Waals surface area (Å²) in [5.74, 6) is 1.24. The number of anilines is 3. The summed E-state index contributed by atoms with van der Waals surface area (Å²) in [5.41, 5.74) is 6.74. The predicted octanol–water partition coefficient (Wildman–Crippen LogP) is 1.49. The summed E-state index contributed by atoms with van der Waals surface area (Å²) in [6.45, 7) is 1.80. The molecule has 9 heteroatoms. The Balaban J connectivity index is 1.81. The van der Waals surface area contributed by atoms with Crippen LogP contribution < -0.4 is 31.2 Å². The number of methoxy groups -OCH3 is 2. The molecule has 2 heterocycles. The molecule has 1 aliphatic rings. The summed E-state index contributed by atoms with van der Waals surface area (Å²) in [6, 6.07) is 5.29. The van der Waals surface area contributed by atoms with Crippen molar-refractivity contribution in [3.05, 3.63) is 30.1 Å². The highest BCUT2D eigenvalue weighted by Crippen LogP contribution is 2.30. The molecule has 1 unspecified atom stereocenters. The van der Waals surface area contributed by atoms with Crippen molar-refractivity contribution in [3.8, 4) is 11.5 Å². The standard InChI is InChI=1S/C18H24N6O3/c1-26-13-6-5-11(8-14(13)27-2)24-18(25)15-16(19)21-10-22-17(15)23-12-4-3-7-20-9-12/h5-6,8,10,12,20H,3-4,7,9H2,1-2H3,(H,24,25)(H3,19,21,22,23). The third-order valence-electron chi connectivity index (χ3n) is 4.38. The third-order valence-corrected chi connectivity index (χ3v) is 4.38. The molecule has 0 bridgehead atoms. The normalized spacial score (nSPS) is 16.4. The Hall–Kier alpha value is -3.07. The second kappa shape index (κ2) is 8.54. The van der Waals surface area contributed by atoms with Crippen molar-refractivity contribution in [2.45, 2.75) is 18.9 Å². The first kappa shape index (κ1) is 18.7. The second-order valence-corrected chi connectivity index (χ2v) is 6.19. The summed E-state index contributed by atoms with van der Waals surface area (Å²) >= 11 is 0. The highest BCUT2D eigenvalue weighted by molar-refractivity contribution is 6.10. The maximum atomic E-state index is 12.9. The van der Waals surface area contributed by atoms with E-state index in [0.717, 1.165) is 25.9 Å². The number of hydrogen-bond acceptors (Lipinski definition) is 8. The van der Waals surface area contributed by atoms with Gasteiger partial charge in [-0.1, -0.05) is 0 Å². The van der Waals surface area contributed by atoms with Crippen LogP contribution in [0.2, 0.25) is 0 Å². The number of piperidine rings is 1. The van der Waals surface area contributed by atoms with Gasteiger partial charge in [0.2, 0.25) is 0 Å². The summed E-state index contributed by atoms with van der Waals surface area (Å²) in [7, 11) is 3.09. The van der Waals surface area contributed by atoms with Gasteiger partial charge in [0, 0.05) is 24.3 Å². The lowest BCUT2D eigenvalue weighted by Gasteiger charge is -2.25. The van der Waals surface area contributed by atoms with E-state index in [4.69, 9.17) is 15.2 Å². The molecule has 1 aromatic carbocycles. The number of benzene rings is 1. The number of ether oxygens (including phenoxy) is 2. The van der Waals surface area contributed by atoms with Crippen molar-refractivity contribution in [3.63, 3.8) is 0 Å². The SMILES string of the molecule is COc1ccc(NC(=O)c2c(N)ncnc2NC2CCCNC2)cc1OC. The zero-order valence-electron chi connectivity index (χ0n) is 15.4. The number of nitrogens with two attached hydrogens (primary N) is 1.